The van der Waals surface area contributed by atoms with Crippen LogP contribution in [0.25, 0.3) is 17.0 Å². The van der Waals surface area contributed by atoms with Crippen molar-refractivity contribution in [3.8, 4) is 11.5 Å². The summed E-state index contributed by atoms with van der Waals surface area (Å²) in [6, 6.07) is 8.32. The Morgan fingerprint density at radius 3 is 2.62 bits per heavy atom. The van der Waals surface area contributed by atoms with Crippen molar-refractivity contribution in [3.63, 3.8) is 0 Å². The smallest absolute Gasteiger partial charge is 0.315 e. The van der Waals surface area contributed by atoms with E-state index in [0.29, 0.717) is 23.5 Å². The molecule has 3 aromatic rings. The molecule has 0 bridgehead atoms. The zero-order chi connectivity index (χ0) is 20.5. The summed E-state index contributed by atoms with van der Waals surface area (Å²) in [6.45, 7) is 8.01. The predicted molar refractivity (Wildman–Crippen MR) is 113 cm³/mol. The van der Waals surface area contributed by atoms with Crippen LogP contribution in [0.5, 0.6) is 0 Å². The molecule has 4 rings (SSSR count). The Labute approximate surface area is 168 Å². The summed E-state index contributed by atoms with van der Waals surface area (Å²) in [6.07, 6.45) is 2.88. The van der Waals surface area contributed by atoms with Gasteiger partial charge in [-0.05, 0) is 57.4 Å². The number of nitrogens with zero attached hydrogens (tertiary/aromatic N) is 3. The Morgan fingerprint density at radius 1 is 1.07 bits per heavy atom. The molecule has 150 valence electrons. The molecule has 0 saturated carbocycles. The molecule has 1 aromatic carbocycles. The van der Waals surface area contributed by atoms with Crippen molar-refractivity contribution in [2.24, 2.45) is 0 Å². The van der Waals surface area contributed by atoms with Gasteiger partial charge in [-0.25, -0.2) is 4.98 Å². The van der Waals surface area contributed by atoms with E-state index in [0.717, 1.165) is 23.1 Å². The lowest BCUT2D eigenvalue weighted by Crippen LogP contribution is -2.18. The number of anilines is 2. The van der Waals surface area contributed by atoms with Gasteiger partial charge in [0.05, 0.1) is 5.69 Å². The van der Waals surface area contributed by atoms with Gasteiger partial charge in [-0.1, -0.05) is 17.2 Å². The third-order valence-corrected chi connectivity index (χ3v) is 4.45. The summed E-state index contributed by atoms with van der Waals surface area (Å²) < 4.78 is 5.73. The zero-order valence-corrected chi connectivity index (χ0v) is 16.9. The van der Waals surface area contributed by atoms with Crippen LogP contribution >= 0.6 is 0 Å². The van der Waals surface area contributed by atoms with Crippen LogP contribution in [0.15, 0.2) is 39.6 Å². The van der Waals surface area contributed by atoms with Crippen LogP contribution in [0.2, 0.25) is 0 Å². The topological polar surface area (TPSA) is 109 Å². The largest absolute Gasteiger partial charge is 0.403 e. The SMILES string of the molecule is CC(C)Nc1nc(C2=CCc3ccc(-c4nnc(NC(C)C)o4)cc32)cc(=O)[nH]1. The second-order valence-corrected chi connectivity index (χ2v) is 7.68. The Morgan fingerprint density at radius 2 is 1.86 bits per heavy atom. The van der Waals surface area contributed by atoms with Crippen molar-refractivity contribution in [2.45, 2.75) is 46.2 Å². The van der Waals surface area contributed by atoms with E-state index >= 15 is 0 Å². The van der Waals surface area contributed by atoms with Crippen LogP contribution in [-0.4, -0.2) is 32.2 Å². The van der Waals surface area contributed by atoms with E-state index in [1.54, 1.807) is 0 Å². The zero-order valence-electron chi connectivity index (χ0n) is 16.9. The third-order valence-electron chi connectivity index (χ3n) is 4.45. The van der Waals surface area contributed by atoms with E-state index in [9.17, 15) is 4.79 Å². The molecule has 0 fully saturated rings. The molecule has 8 nitrogen and oxygen atoms in total. The number of nitrogens with one attached hydrogen (secondary N) is 3. The van der Waals surface area contributed by atoms with Crippen molar-refractivity contribution in [1.29, 1.82) is 0 Å². The molecule has 29 heavy (non-hydrogen) atoms. The minimum absolute atomic E-state index is 0.163. The van der Waals surface area contributed by atoms with Gasteiger partial charge in [0.25, 0.3) is 5.56 Å². The van der Waals surface area contributed by atoms with Crippen molar-refractivity contribution >= 4 is 17.5 Å². The number of aromatic nitrogens is 4. The van der Waals surface area contributed by atoms with Gasteiger partial charge in [0.1, 0.15) is 0 Å². The molecular formula is C21H24N6O2. The van der Waals surface area contributed by atoms with Gasteiger partial charge in [-0.2, -0.15) is 0 Å². The van der Waals surface area contributed by atoms with E-state index in [1.807, 2.05) is 45.9 Å². The summed E-state index contributed by atoms with van der Waals surface area (Å²) in [5, 5.41) is 14.4. The fraction of sp³-hybridized carbons (Fsp3) is 0.333. The van der Waals surface area contributed by atoms with E-state index in [2.05, 4.69) is 36.9 Å². The fourth-order valence-electron chi connectivity index (χ4n) is 3.29. The molecule has 0 aliphatic heterocycles. The Kier molecular flexibility index (Phi) is 4.92. The molecule has 0 atom stereocenters. The molecule has 0 radical (unpaired) electrons. The maximum absolute atomic E-state index is 12.1. The standard InChI is InChI=1S/C21H24N6O2/c1-11(2)22-20-24-17(10-18(28)25-20)15-8-7-13-5-6-14(9-16(13)15)19-26-27-21(29-19)23-12(3)4/h5-6,8-12H,7H2,1-4H3,(H,23,27)(H2,22,24,25,28). The van der Waals surface area contributed by atoms with Crippen molar-refractivity contribution in [3.05, 3.63) is 57.5 Å². The van der Waals surface area contributed by atoms with Gasteiger partial charge < -0.3 is 15.1 Å². The molecule has 8 heteroatoms. The molecule has 3 N–H and O–H groups in total. The van der Waals surface area contributed by atoms with Crippen LogP contribution in [-0.2, 0) is 6.42 Å². The molecule has 0 spiro atoms. The first-order valence-corrected chi connectivity index (χ1v) is 9.71. The predicted octanol–water partition coefficient (Wildman–Crippen LogP) is 3.45. The van der Waals surface area contributed by atoms with Crippen molar-refractivity contribution < 1.29 is 4.42 Å². The molecule has 1 aliphatic rings. The van der Waals surface area contributed by atoms with Gasteiger partial charge in [0, 0.05) is 29.3 Å². The van der Waals surface area contributed by atoms with Gasteiger partial charge in [0.2, 0.25) is 11.8 Å². The highest BCUT2D eigenvalue weighted by Gasteiger charge is 2.20. The average molecular weight is 392 g/mol. The molecule has 0 amide bonds. The minimum Gasteiger partial charge on any atom is -0.403 e. The maximum Gasteiger partial charge on any atom is 0.315 e. The first-order chi connectivity index (χ1) is 13.9. The number of rotatable bonds is 6. The third kappa shape index (κ3) is 4.06. The molecule has 0 unspecified atom stereocenters. The first-order valence-electron chi connectivity index (χ1n) is 9.71. The van der Waals surface area contributed by atoms with Crippen LogP contribution in [0.1, 0.15) is 44.5 Å². The van der Waals surface area contributed by atoms with E-state index in [4.69, 9.17) is 4.42 Å². The normalized spacial score (nSPS) is 13.0. The highest BCUT2D eigenvalue weighted by Crippen LogP contribution is 2.34. The lowest BCUT2D eigenvalue weighted by Gasteiger charge is -2.11. The molecule has 2 heterocycles. The second kappa shape index (κ2) is 7.54. The van der Waals surface area contributed by atoms with Crippen molar-refractivity contribution in [1.82, 2.24) is 20.2 Å². The first kappa shape index (κ1) is 18.9. The number of benzene rings is 1. The van der Waals surface area contributed by atoms with Gasteiger partial charge in [0.15, 0.2) is 0 Å². The summed E-state index contributed by atoms with van der Waals surface area (Å²) in [5.41, 5.74) is 4.40. The van der Waals surface area contributed by atoms with Crippen LogP contribution in [0.3, 0.4) is 0 Å². The fourth-order valence-corrected chi connectivity index (χ4v) is 3.29. The van der Waals surface area contributed by atoms with Gasteiger partial charge in [-0.15, -0.1) is 5.10 Å². The number of hydrogen-bond acceptors (Lipinski definition) is 7. The molecule has 1 aliphatic carbocycles. The molecule has 2 aromatic heterocycles. The number of aromatic amines is 1. The average Bonchev–Trinajstić information content (AvgIpc) is 3.26. The van der Waals surface area contributed by atoms with Crippen LogP contribution < -0.4 is 16.2 Å². The number of hydrogen-bond donors (Lipinski definition) is 3. The van der Waals surface area contributed by atoms with Gasteiger partial charge >= 0.3 is 6.01 Å². The summed E-state index contributed by atoms with van der Waals surface area (Å²) in [7, 11) is 0. The minimum atomic E-state index is -0.190. The highest BCUT2D eigenvalue weighted by molar-refractivity contribution is 5.85. The van der Waals surface area contributed by atoms with Crippen LogP contribution in [0.4, 0.5) is 12.0 Å². The lowest BCUT2D eigenvalue weighted by atomic mass is 10.0. The Balaban J connectivity index is 1.68. The van der Waals surface area contributed by atoms with E-state index in [1.165, 1.54) is 11.6 Å². The van der Waals surface area contributed by atoms with E-state index < -0.39 is 0 Å². The quantitative estimate of drug-likeness (QED) is 0.589. The number of allylic oxidation sites excluding steroid dienone is 1. The van der Waals surface area contributed by atoms with Crippen LogP contribution in [0, 0.1) is 0 Å². The number of fused-ring (bicyclic) bond motifs is 1. The monoisotopic (exact) mass is 392 g/mol. The Hall–Kier alpha value is -3.42. The molecule has 0 saturated heterocycles. The Bertz CT molecular complexity index is 1130. The number of H-pyrrole nitrogens is 1. The lowest BCUT2D eigenvalue weighted by molar-refractivity contribution is 0.574. The highest BCUT2D eigenvalue weighted by atomic mass is 16.4. The molecular weight excluding hydrogens is 368 g/mol. The maximum atomic E-state index is 12.1. The second-order valence-electron chi connectivity index (χ2n) is 7.68. The van der Waals surface area contributed by atoms with Gasteiger partial charge in [-0.3, -0.25) is 9.78 Å². The summed E-state index contributed by atoms with van der Waals surface area (Å²) in [5.74, 6) is 0.914. The van der Waals surface area contributed by atoms with Crippen molar-refractivity contribution in [2.75, 3.05) is 10.6 Å². The summed E-state index contributed by atoms with van der Waals surface area (Å²) >= 11 is 0. The van der Waals surface area contributed by atoms with E-state index in [-0.39, 0.29) is 17.6 Å². The summed E-state index contributed by atoms with van der Waals surface area (Å²) in [4.78, 5) is 19.5.